The number of hydrogen-bond donors (Lipinski definition) is 0. The first-order chi connectivity index (χ1) is 8.31. The SMILES string of the molecule is CCOC(=O)c1cc(C(F)(F)F)c(Br)cc1C#N. The van der Waals surface area contributed by atoms with E-state index in [1.807, 2.05) is 0 Å². The van der Waals surface area contributed by atoms with Gasteiger partial charge in [-0.05, 0) is 19.1 Å². The zero-order valence-electron chi connectivity index (χ0n) is 9.14. The Kier molecular flexibility index (Phi) is 4.35. The van der Waals surface area contributed by atoms with Gasteiger partial charge in [-0.15, -0.1) is 0 Å². The number of halogens is 4. The fraction of sp³-hybridized carbons (Fsp3) is 0.273. The highest BCUT2D eigenvalue weighted by Crippen LogP contribution is 2.36. The summed E-state index contributed by atoms with van der Waals surface area (Å²) in [4.78, 5) is 11.5. The summed E-state index contributed by atoms with van der Waals surface area (Å²) < 4.78 is 42.3. The summed E-state index contributed by atoms with van der Waals surface area (Å²) in [6, 6.07) is 3.22. The second-order valence-electron chi connectivity index (χ2n) is 3.21. The van der Waals surface area contributed by atoms with Crippen molar-refractivity contribution in [2.75, 3.05) is 6.61 Å². The number of ether oxygens (including phenoxy) is 1. The van der Waals surface area contributed by atoms with Gasteiger partial charge in [0.05, 0.1) is 23.3 Å². The molecule has 0 heterocycles. The summed E-state index contributed by atoms with van der Waals surface area (Å²) >= 11 is 2.72. The standard InChI is InChI=1S/C11H7BrF3NO2/c1-2-18-10(17)7-4-8(11(13,14)15)9(12)3-6(7)5-16/h3-4H,2H2,1H3. The van der Waals surface area contributed by atoms with Crippen LogP contribution in [0.25, 0.3) is 0 Å². The highest BCUT2D eigenvalue weighted by atomic mass is 79.9. The Hall–Kier alpha value is -1.55. The molecule has 0 aromatic heterocycles. The molecular weight excluding hydrogens is 315 g/mol. The molecule has 0 aliphatic rings. The van der Waals surface area contributed by atoms with Gasteiger partial charge in [-0.25, -0.2) is 4.79 Å². The quantitative estimate of drug-likeness (QED) is 0.783. The van der Waals surface area contributed by atoms with E-state index >= 15 is 0 Å². The number of benzene rings is 1. The maximum absolute atomic E-state index is 12.6. The summed E-state index contributed by atoms with van der Waals surface area (Å²) in [6.07, 6.45) is -4.62. The van der Waals surface area contributed by atoms with Crippen molar-refractivity contribution in [3.8, 4) is 6.07 Å². The molecule has 18 heavy (non-hydrogen) atoms. The summed E-state index contributed by atoms with van der Waals surface area (Å²) in [5.41, 5.74) is -1.59. The molecule has 0 spiro atoms. The van der Waals surface area contributed by atoms with Gasteiger partial charge in [0.2, 0.25) is 0 Å². The molecule has 0 aliphatic heterocycles. The van der Waals surface area contributed by atoms with E-state index in [-0.39, 0.29) is 16.6 Å². The molecule has 0 radical (unpaired) electrons. The first kappa shape index (κ1) is 14.5. The number of hydrogen-bond acceptors (Lipinski definition) is 3. The average molecular weight is 322 g/mol. The number of alkyl halides is 3. The zero-order valence-corrected chi connectivity index (χ0v) is 10.7. The van der Waals surface area contributed by atoms with Crippen LogP contribution in [0, 0.1) is 11.3 Å². The van der Waals surface area contributed by atoms with Gasteiger partial charge in [-0.3, -0.25) is 0 Å². The summed E-state index contributed by atoms with van der Waals surface area (Å²) in [6.45, 7) is 1.54. The van der Waals surface area contributed by atoms with Gasteiger partial charge in [0.1, 0.15) is 6.07 Å². The van der Waals surface area contributed by atoms with Crippen molar-refractivity contribution >= 4 is 21.9 Å². The third kappa shape index (κ3) is 3.01. The van der Waals surface area contributed by atoms with Gasteiger partial charge in [-0.2, -0.15) is 18.4 Å². The van der Waals surface area contributed by atoms with Crippen LogP contribution >= 0.6 is 15.9 Å². The molecule has 96 valence electrons. The van der Waals surface area contributed by atoms with E-state index in [1.54, 1.807) is 6.07 Å². The average Bonchev–Trinajstić information content (AvgIpc) is 2.27. The van der Waals surface area contributed by atoms with Crippen molar-refractivity contribution in [3.05, 3.63) is 33.3 Å². The Morgan fingerprint density at radius 3 is 2.56 bits per heavy atom. The molecule has 0 amide bonds. The minimum atomic E-state index is -4.62. The largest absolute Gasteiger partial charge is 0.462 e. The highest BCUT2D eigenvalue weighted by molar-refractivity contribution is 9.10. The topological polar surface area (TPSA) is 50.1 Å². The van der Waals surface area contributed by atoms with E-state index in [0.29, 0.717) is 6.07 Å². The lowest BCUT2D eigenvalue weighted by atomic mass is 10.0. The van der Waals surface area contributed by atoms with Crippen LogP contribution in [-0.2, 0) is 10.9 Å². The molecule has 0 aliphatic carbocycles. The lowest BCUT2D eigenvalue weighted by molar-refractivity contribution is -0.138. The maximum Gasteiger partial charge on any atom is 0.417 e. The Morgan fingerprint density at radius 1 is 1.50 bits per heavy atom. The van der Waals surface area contributed by atoms with Gasteiger partial charge in [0, 0.05) is 4.47 Å². The predicted octanol–water partition coefficient (Wildman–Crippen LogP) is 3.52. The molecule has 3 nitrogen and oxygen atoms in total. The number of carbonyl (C=O) groups is 1. The minimum absolute atomic E-state index is 0.0150. The lowest BCUT2D eigenvalue weighted by Gasteiger charge is -2.12. The molecule has 0 saturated carbocycles. The van der Waals surface area contributed by atoms with Crippen molar-refractivity contribution in [1.29, 1.82) is 5.26 Å². The van der Waals surface area contributed by atoms with Gasteiger partial charge < -0.3 is 4.74 Å². The molecular formula is C11H7BrF3NO2. The summed E-state index contributed by atoms with van der Waals surface area (Å²) in [7, 11) is 0. The van der Waals surface area contributed by atoms with Crippen molar-refractivity contribution in [2.45, 2.75) is 13.1 Å². The second kappa shape index (κ2) is 5.40. The van der Waals surface area contributed by atoms with Gasteiger partial charge in [-0.1, -0.05) is 15.9 Å². The zero-order chi connectivity index (χ0) is 13.9. The van der Waals surface area contributed by atoms with E-state index in [0.717, 1.165) is 6.07 Å². The first-order valence-corrected chi connectivity index (χ1v) is 5.58. The summed E-state index contributed by atoms with van der Waals surface area (Å²) in [5, 5.41) is 8.79. The van der Waals surface area contributed by atoms with E-state index in [4.69, 9.17) is 5.26 Å². The molecule has 0 N–H and O–H groups in total. The minimum Gasteiger partial charge on any atom is -0.462 e. The summed E-state index contributed by atoms with van der Waals surface area (Å²) in [5.74, 6) is -0.952. The Morgan fingerprint density at radius 2 is 2.11 bits per heavy atom. The molecule has 0 atom stereocenters. The van der Waals surface area contributed by atoms with Gasteiger partial charge >= 0.3 is 12.1 Å². The van der Waals surface area contributed by atoms with Crippen LogP contribution in [0.3, 0.4) is 0 Å². The Labute approximate surface area is 109 Å². The fourth-order valence-corrected chi connectivity index (χ4v) is 1.83. The van der Waals surface area contributed by atoms with Crippen molar-refractivity contribution in [1.82, 2.24) is 0 Å². The van der Waals surface area contributed by atoms with Crippen LogP contribution in [0.2, 0.25) is 0 Å². The molecule has 0 fully saturated rings. The molecule has 0 saturated heterocycles. The Balaban J connectivity index is 3.42. The molecule has 1 aromatic carbocycles. The van der Waals surface area contributed by atoms with Crippen molar-refractivity contribution < 1.29 is 22.7 Å². The fourth-order valence-electron chi connectivity index (χ4n) is 1.26. The van der Waals surface area contributed by atoms with Crippen LogP contribution in [0.4, 0.5) is 13.2 Å². The number of nitriles is 1. The maximum atomic E-state index is 12.6. The number of rotatable bonds is 2. The first-order valence-electron chi connectivity index (χ1n) is 4.79. The van der Waals surface area contributed by atoms with Gasteiger partial charge in [0.25, 0.3) is 0 Å². The van der Waals surface area contributed by atoms with E-state index in [2.05, 4.69) is 20.7 Å². The van der Waals surface area contributed by atoms with Crippen molar-refractivity contribution in [2.24, 2.45) is 0 Å². The Bertz CT molecular complexity index is 520. The molecule has 1 aromatic rings. The van der Waals surface area contributed by atoms with Crippen LogP contribution in [-0.4, -0.2) is 12.6 Å². The van der Waals surface area contributed by atoms with E-state index < -0.39 is 23.3 Å². The highest BCUT2D eigenvalue weighted by Gasteiger charge is 2.34. The number of esters is 1. The number of nitrogens with zero attached hydrogens (tertiary/aromatic N) is 1. The predicted molar refractivity (Wildman–Crippen MR) is 59.8 cm³/mol. The lowest BCUT2D eigenvalue weighted by Crippen LogP contribution is -2.12. The molecule has 1 rings (SSSR count). The molecule has 0 bridgehead atoms. The van der Waals surface area contributed by atoms with Crippen molar-refractivity contribution in [3.63, 3.8) is 0 Å². The third-order valence-electron chi connectivity index (χ3n) is 2.03. The van der Waals surface area contributed by atoms with E-state index in [9.17, 15) is 18.0 Å². The second-order valence-corrected chi connectivity index (χ2v) is 4.06. The molecule has 7 heteroatoms. The van der Waals surface area contributed by atoms with Crippen LogP contribution in [0.1, 0.15) is 28.4 Å². The third-order valence-corrected chi connectivity index (χ3v) is 2.68. The number of carbonyl (C=O) groups excluding carboxylic acids is 1. The van der Waals surface area contributed by atoms with Crippen LogP contribution in [0.5, 0.6) is 0 Å². The monoisotopic (exact) mass is 321 g/mol. The smallest absolute Gasteiger partial charge is 0.417 e. The van der Waals surface area contributed by atoms with Crippen LogP contribution in [0.15, 0.2) is 16.6 Å². The van der Waals surface area contributed by atoms with Gasteiger partial charge in [0.15, 0.2) is 0 Å². The molecule has 0 unspecified atom stereocenters. The normalized spacial score (nSPS) is 10.9. The van der Waals surface area contributed by atoms with Crippen LogP contribution < -0.4 is 0 Å². The van der Waals surface area contributed by atoms with E-state index in [1.165, 1.54) is 6.92 Å².